The van der Waals surface area contributed by atoms with E-state index in [1.165, 1.54) is 5.56 Å². The highest BCUT2D eigenvalue weighted by Gasteiger charge is 2.07. The zero-order chi connectivity index (χ0) is 15.3. The van der Waals surface area contributed by atoms with E-state index in [9.17, 15) is 0 Å². The third-order valence-electron chi connectivity index (χ3n) is 3.26. The summed E-state index contributed by atoms with van der Waals surface area (Å²) in [5, 5.41) is 3.55. The molecule has 0 saturated carbocycles. The molecule has 0 radical (unpaired) electrons. The van der Waals surface area contributed by atoms with Gasteiger partial charge in [0.1, 0.15) is 12.4 Å². The molecule has 1 aromatic rings. The summed E-state index contributed by atoms with van der Waals surface area (Å²) >= 11 is 0. The molecule has 0 bridgehead atoms. The van der Waals surface area contributed by atoms with Crippen LogP contribution in [0.25, 0.3) is 0 Å². The predicted octanol–water partition coefficient (Wildman–Crippen LogP) is 3.18. The molecule has 120 valence electrons. The van der Waals surface area contributed by atoms with E-state index >= 15 is 0 Å². The normalized spacial score (nSPS) is 12.3. The van der Waals surface area contributed by atoms with Gasteiger partial charge in [-0.05, 0) is 37.1 Å². The molecule has 0 saturated heterocycles. The van der Waals surface area contributed by atoms with E-state index in [1.807, 2.05) is 12.1 Å². The lowest BCUT2D eigenvalue weighted by atomic mass is 10.0. The quantitative estimate of drug-likeness (QED) is 0.601. The van der Waals surface area contributed by atoms with Gasteiger partial charge >= 0.3 is 0 Å². The van der Waals surface area contributed by atoms with Crippen molar-refractivity contribution in [1.82, 2.24) is 5.32 Å². The molecule has 0 heterocycles. The van der Waals surface area contributed by atoms with Gasteiger partial charge in [0, 0.05) is 13.2 Å². The number of hydrogen-bond donors (Lipinski definition) is 1. The average Bonchev–Trinajstić information content (AvgIpc) is 2.53. The Morgan fingerprint density at radius 1 is 1.00 bits per heavy atom. The minimum absolute atomic E-state index is 0.427. The molecule has 0 aliphatic heterocycles. The minimum atomic E-state index is 0.427. The Bertz CT molecular complexity index is 354. The van der Waals surface area contributed by atoms with Crippen LogP contribution in [-0.4, -0.2) is 40.1 Å². The smallest absolute Gasteiger partial charge is 0.119 e. The zero-order valence-electron chi connectivity index (χ0n) is 13.6. The van der Waals surface area contributed by atoms with Crippen LogP contribution in [0.4, 0.5) is 0 Å². The maximum Gasteiger partial charge on any atom is 0.119 e. The summed E-state index contributed by atoms with van der Waals surface area (Å²) in [6, 6.07) is 8.76. The van der Waals surface area contributed by atoms with Crippen LogP contribution in [0.5, 0.6) is 5.75 Å². The van der Waals surface area contributed by atoms with Gasteiger partial charge in [-0.25, -0.2) is 0 Å². The standard InChI is InChI=1S/C17H29NO3/c1-4-10-18-17(5-2)15-6-8-16(9-7-15)21-14-13-20-12-11-19-3/h6-9,17-18H,4-5,10-14H2,1-3H3. The highest BCUT2D eigenvalue weighted by Crippen LogP contribution is 2.20. The first-order valence-electron chi connectivity index (χ1n) is 7.84. The molecule has 1 aromatic carbocycles. The van der Waals surface area contributed by atoms with Gasteiger partial charge in [0.05, 0.1) is 19.8 Å². The van der Waals surface area contributed by atoms with Crippen molar-refractivity contribution in [3.63, 3.8) is 0 Å². The molecule has 0 amide bonds. The molecule has 0 spiro atoms. The van der Waals surface area contributed by atoms with Crippen LogP contribution >= 0.6 is 0 Å². The highest BCUT2D eigenvalue weighted by atomic mass is 16.5. The molecular weight excluding hydrogens is 266 g/mol. The van der Waals surface area contributed by atoms with E-state index in [-0.39, 0.29) is 0 Å². The Morgan fingerprint density at radius 2 is 1.71 bits per heavy atom. The van der Waals surface area contributed by atoms with Crippen LogP contribution in [0.2, 0.25) is 0 Å². The van der Waals surface area contributed by atoms with E-state index in [4.69, 9.17) is 14.2 Å². The number of methoxy groups -OCH3 is 1. The van der Waals surface area contributed by atoms with Crippen LogP contribution in [0, 0.1) is 0 Å². The number of nitrogens with one attached hydrogen (secondary N) is 1. The Hall–Kier alpha value is -1.10. The van der Waals surface area contributed by atoms with Crippen molar-refractivity contribution in [3.8, 4) is 5.75 Å². The van der Waals surface area contributed by atoms with Gasteiger partial charge in [-0.3, -0.25) is 0 Å². The first-order chi connectivity index (χ1) is 10.3. The maximum absolute atomic E-state index is 5.65. The lowest BCUT2D eigenvalue weighted by Crippen LogP contribution is -2.21. The lowest BCUT2D eigenvalue weighted by Gasteiger charge is -2.17. The van der Waals surface area contributed by atoms with Crippen LogP contribution in [0.15, 0.2) is 24.3 Å². The van der Waals surface area contributed by atoms with Crippen molar-refractivity contribution in [1.29, 1.82) is 0 Å². The molecule has 0 aliphatic carbocycles. The molecule has 21 heavy (non-hydrogen) atoms. The maximum atomic E-state index is 5.65. The molecule has 0 aliphatic rings. The minimum Gasteiger partial charge on any atom is -0.491 e. The Balaban J connectivity index is 2.32. The predicted molar refractivity (Wildman–Crippen MR) is 86.0 cm³/mol. The molecule has 1 N–H and O–H groups in total. The van der Waals surface area contributed by atoms with Crippen LogP contribution in [-0.2, 0) is 9.47 Å². The van der Waals surface area contributed by atoms with Gasteiger partial charge in [-0.2, -0.15) is 0 Å². The third-order valence-corrected chi connectivity index (χ3v) is 3.26. The second-order valence-corrected chi connectivity index (χ2v) is 4.94. The molecule has 0 aromatic heterocycles. The van der Waals surface area contributed by atoms with Crippen molar-refractivity contribution in [2.24, 2.45) is 0 Å². The van der Waals surface area contributed by atoms with Crippen LogP contribution in [0.3, 0.4) is 0 Å². The fraction of sp³-hybridized carbons (Fsp3) is 0.647. The summed E-state index contributed by atoms with van der Waals surface area (Å²) in [7, 11) is 1.67. The number of benzene rings is 1. The van der Waals surface area contributed by atoms with Gasteiger partial charge in [-0.15, -0.1) is 0 Å². The Labute approximate surface area is 128 Å². The first kappa shape index (κ1) is 18.0. The number of ether oxygens (including phenoxy) is 3. The topological polar surface area (TPSA) is 39.7 Å². The van der Waals surface area contributed by atoms with Gasteiger partial charge < -0.3 is 19.5 Å². The summed E-state index contributed by atoms with van der Waals surface area (Å²) in [4.78, 5) is 0. The van der Waals surface area contributed by atoms with Crippen molar-refractivity contribution in [2.75, 3.05) is 40.1 Å². The highest BCUT2D eigenvalue weighted by molar-refractivity contribution is 5.29. The second-order valence-electron chi connectivity index (χ2n) is 4.94. The van der Waals surface area contributed by atoms with Gasteiger partial charge in [-0.1, -0.05) is 26.0 Å². The van der Waals surface area contributed by atoms with Gasteiger partial charge in [0.25, 0.3) is 0 Å². The molecule has 4 nitrogen and oxygen atoms in total. The Morgan fingerprint density at radius 3 is 2.33 bits per heavy atom. The summed E-state index contributed by atoms with van der Waals surface area (Å²) in [6.07, 6.45) is 2.24. The molecule has 4 heteroatoms. The van der Waals surface area contributed by atoms with Crippen LogP contribution < -0.4 is 10.1 Å². The van der Waals surface area contributed by atoms with Crippen LogP contribution in [0.1, 0.15) is 38.3 Å². The monoisotopic (exact) mass is 295 g/mol. The van der Waals surface area contributed by atoms with E-state index < -0.39 is 0 Å². The van der Waals surface area contributed by atoms with E-state index in [1.54, 1.807) is 7.11 Å². The number of hydrogen-bond acceptors (Lipinski definition) is 4. The van der Waals surface area contributed by atoms with Crippen molar-refractivity contribution in [3.05, 3.63) is 29.8 Å². The summed E-state index contributed by atoms with van der Waals surface area (Å²) in [6.45, 7) is 7.82. The second kappa shape index (κ2) is 11.5. The molecule has 0 fully saturated rings. The molecule has 1 atom stereocenters. The van der Waals surface area contributed by atoms with E-state index in [0.29, 0.717) is 32.5 Å². The van der Waals surface area contributed by atoms with Crippen molar-refractivity contribution < 1.29 is 14.2 Å². The average molecular weight is 295 g/mol. The van der Waals surface area contributed by atoms with Crippen molar-refractivity contribution >= 4 is 0 Å². The molecular formula is C17H29NO3. The fourth-order valence-corrected chi connectivity index (χ4v) is 2.08. The van der Waals surface area contributed by atoms with Gasteiger partial charge in [0.2, 0.25) is 0 Å². The largest absolute Gasteiger partial charge is 0.491 e. The molecule has 1 rings (SSSR count). The van der Waals surface area contributed by atoms with Gasteiger partial charge in [0.15, 0.2) is 0 Å². The molecule has 1 unspecified atom stereocenters. The zero-order valence-corrected chi connectivity index (χ0v) is 13.6. The number of rotatable bonds is 12. The van der Waals surface area contributed by atoms with Crippen molar-refractivity contribution in [2.45, 2.75) is 32.7 Å². The van der Waals surface area contributed by atoms with E-state index in [0.717, 1.165) is 25.1 Å². The summed E-state index contributed by atoms with van der Waals surface area (Å²) in [5.41, 5.74) is 1.31. The first-order valence-corrected chi connectivity index (χ1v) is 7.84. The lowest BCUT2D eigenvalue weighted by molar-refractivity contribution is 0.0544. The Kier molecular flexibility index (Phi) is 9.87. The third kappa shape index (κ3) is 7.46. The summed E-state index contributed by atoms with van der Waals surface area (Å²) < 4.78 is 15.9. The fourth-order valence-electron chi connectivity index (χ4n) is 2.08. The summed E-state index contributed by atoms with van der Waals surface area (Å²) in [5.74, 6) is 0.888. The SMILES string of the molecule is CCCNC(CC)c1ccc(OCCOCCOC)cc1. The van der Waals surface area contributed by atoms with E-state index in [2.05, 4.69) is 31.3 Å².